The highest BCUT2D eigenvalue weighted by molar-refractivity contribution is 5.26. The summed E-state index contributed by atoms with van der Waals surface area (Å²) in [6, 6.07) is 11.6. The van der Waals surface area contributed by atoms with E-state index in [0.717, 1.165) is 18.4 Å². The van der Waals surface area contributed by atoms with Gasteiger partial charge in [-0.3, -0.25) is 0 Å². The molecule has 1 saturated carbocycles. The summed E-state index contributed by atoms with van der Waals surface area (Å²) in [6.07, 6.45) is 7.00. The second kappa shape index (κ2) is 7.45. The summed E-state index contributed by atoms with van der Waals surface area (Å²) in [5.41, 5.74) is 1.66. The molecule has 0 aromatic heterocycles. The van der Waals surface area contributed by atoms with Gasteiger partial charge in [-0.05, 0) is 36.8 Å². The van der Waals surface area contributed by atoms with Crippen molar-refractivity contribution in [2.24, 2.45) is 11.8 Å². The maximum absolute atomic E-state index is 3.82. The molecule has 1 aromatic rings. The fourth-order valence-corrected chi connectivity index (χ4v) is 4.21. The van der Waals surface area contributed by atoms with Crippen LogP contribution in [0.4, 0.5) is 0 Å². The molecule has 1 nitrogen and oxygen atoms in total. The standard InChI is InChI=1S/C20H33N/c1-5-16-12-14-17(15-13-16)19(21-6-2)20(3,4)18-10-8-7-9-11-18/h7-11,16-17,19,21H,5-6,12-15H2,1-4H3. The number of nitrogens with one attached hydrogen (secondary N) is 1. The minimum atomic E-state index is 0.195. The van der Waals surface area contributed by atoms with Crippen molar-refractivity contribution >= 4 is 0 Å². The SMILES string of the molecule is CCNC(C1CCC(CC)CC1)C(C)(C)c1ccccc1. The molecular weight excluding hydrogens is 254 g/mol. The molecule has 1 atom stereocenters. The van der Waals surface area contributed by atoms with Gasteiger partial charge in [-0.2, -0.15) is 0 Å². The van der Waals surface area contributed by atoms with Crippen molar-refractivity contribution in [2.45, 2.75) is 71.3 Å². The zero-order chi connectivity index (χ0) is 15.3. The number of hydrogen-bond donors (Lipinski definition) is 1. The lowest BCUT2D eigenvalue weighted by atomic mass is 9.67. The molecule has 2 rings (SSSR count). The van der Waals surface area contributed by atoms with Gasteiger partial charge in [0.05, 0.1) is 0 Å². The Hall–Kier alpha value is -0.820. The number of hydrogen-bond acceptors (Lipinski definition) is 1. The highest BCUT2D eigenvalue weighted by Gasteiger charge is 2.37. The molecule has 1 N–H and O–H groups in total. The van der Waals surface area contributed by atoms with E-state index in [-0.39, 0.29) is 5.41 Å². The fraction of sp³-hybridized carbons (Fsp3) is 0.700. The van der Waals surface area contributed by atoms with Crippen molar-refractivity contribution in [3.8, 4) is 0 Å². The largest absolute Gasteiger partial charge is 0.313 e. The van der Waals surface area contributed by atoms with Gasteiger partial charge in [-0.1, -0.05) is 77.3 Å². The Morgan fingerprint density at radius 3 is 2.19 bits per heavy atom. The zero-order valence-electron chi connectivity index (χ0n) is 14.4. The summed E-state index contributed by atoms with van der Waals surface area (Å²) < 4.78 is 0. The van der Waals surface area contributed by atoms with Crippen LogP contribution in [0.2, 0.25) is 0 Å². The van der Waals surface area contributed by atoms with Gasteiger partial charge in [0.2, 0.25) is 0 Å². The van der Waals surface area contributed by atoms with Crippen LogP contribution in [0.15, 0.2) is 30.3 Å². The third kappa shape index (κ3) is 3.88. The van der Waals surface area contributed by atoms with Crippen molar-refractivity contribution < 1.29 is 0 Å². The first-order valence-electron chi connectivity index (χ1n) is 8.88. The Labute approximate surface area is 131 Å². The van der Waals surface area contributed by atoms with Crippen LogP contribution >= 0.6 is 0 Å². The Kier molecular flexibility index (Phi) is 5.87. The summed E-state index contributed by atoms with van der Waals surface area (Å²) in [4.78, 5) is 0. The molecule has 0 bridgehead atoms. The van der Waals surface area contributed by atoms with Gasteiger partial charge in [0, 0.05) is 11.5 Å². The predicted octanol–water partition coefficient (Wildman–Crippen LogP) is 5.16. The molecule has 118 valence electrons. The Morgan fingerprint density at radius 2 is 1.67 bits per heavy atom. The molecule has 21 heavy (non-hydrogen) atoms. The maximum Gasteiger partial charge on any atom is 0.0187 e. The maximum atomic E-state index is 3.82. The third-order valence-electron chi connectivity index (χ3n) is 5.66. The van der Waals surface area contributed by atoms with Crippen LogP contribution in [0.3, 0.4) is 0 Å². The summed E-state index contributed by atoms with van der Waals surface area (Å²) in [5, 5.41) is 3.82. The van der Waals surface area contributed by atoms with Gasteiger partial charge in [0.25, 0.3) is 0 Å². The Morgan fingerprint density at radius 1 is 1.05 bits per heavy atom. The van der Waals surface area contributed by atoms with Gasteiger partial charge in [0.15, 0.2) is 0 Å². The minimum absolute atomic E-state index is 0.195. The van der Waals surface area contributed by atoms with Gasteiger partial charge in [0.1, 0.15) is 0 Å². The molecule has 0 saturated heterocycles. The van der Waals surface area contributed by atoms with E-state index < -0.39 is 0 Å². The van der Waals surface area contributed by atoms with Crippen molar-refractivity contribution in [1.29, 1.82) is 0 Å². The van der Waals surface area contributed by atoms with E-state index in [2.05, 4.69) is 63.3 Å². The van der Waals surface area contributed by atoms with Crippen LogP contribution < -0.4 is 5.32 Å². The molecule has 1 fully saturated rings. The van der Waals surface area contributed by atoms with E-state index in [1.807, 2.05) is 0 Å². The van der Waals surface area contributed by atoms with Crippen LogP contribution in [0.1, 0.15) is 65.4 Å². The van der Waals surface area contributed by atoms with Crippen molar-refractivity contribution in [1.82, 2.24) is 5.32 Å². The highest BCUT2D eigenvalue weighted by atomic mass is 14.9. The first-order chi connectivity index (χ1) is 10.1. The smallest absolute Gasteiger partial charge is 0.0187 e. The van der Waals surface area contributed by atoms with Gasteiger partial charge >= 0.3 is 0 Å². The van der Waals surface area contributed by atoms with E-state index in [1.54, 1.807) is 0 Å². The number of rotatable bonds is 6. The van der Waals surface area contributed by atoms with E-state index >= 15 is 0 Å². The molecule has 1 aromatic carbocycles. The zero-order valence-corrected chi connectivity index (χ0v) is 14.4. The predicted molar refractivity (Wildman–Crippen MR) is 92.7 cm³/mol. The van der Waals surface area contributed by atoms with E-state index in [0.29, 0.717) is 6.04 Å². The molecule has 1 heteroatoms. The average molecular weight is 287 g/mol. The highest BCUT2D eigenvalue weighted by Crippen LogP contribution is 2.39. The van der Waals surface area contributed by atoms with Gasteiger partial charge in [-0.15, -0.1) is 0 Å². The second-order valence-corrected chi connectivity index (χ2v) is 7.31. The van der Waals surface area contributed by atoms with E-state index in [1.165, 1.54) is 37.7 Å². The summed E-state index contributed by atoms with van der Waals surface area (Å²) in [6.45, 7) is 10.5. The molecule has 0 heterocycles. The topological polar surface area (TPSA) is 12.0 Å². The molecule has 1 unspecified atom stereocenters. The molecule has 1 aliphatic rings. The number of benzene rings is 1. The van der Waals surface area contributed by atoms with Gasteiger partial charge < -0.3 is 5.32 Å². The molecule has 0 amide bonds. The van der Waals surface area contributed by atoms with Crippen LogP contribution in [-0.2, 0) is 5.41 Å². The molecule has 0 spiro atoms. The van der Waals surface area contributed by atoms with Crippen LogP contribution in [-0.4, -0.2) is 12.6 Å². The van der Waals surface area contributed by atoms with E-state index in [9.17, 15) is 0 Å². The van der Waals surface area contributed by atoms with Crippen LogP contribution in [0, 0.1) is 11.8 Å². The average Bonchev–Trinajstić information content (AvgIpc) is 2.53. The normalized spacial score (nSPS) is 24.8. The molecular formula is C20H33N. The molecule has 0 aliphatic heterocycles. The Balaban J connectivity index is 2.15. The Bertz CT molecular complexity index is 401. The van der Waals surface area contributed by atoms with Crippen molar-refractivity contribution in [3.05, 3.63) is 35.9 Å². The monoisotopic (exact) mass is 287 g/mol. The lowest BCUT2D eigenvalue weighted by Gasteiger charge is -2.43. The second-order valence-electron chi connectivity index (χ2n) is 7.31. The first kappa shape index (κ1) is 16.5. The van der Waals surface area contributed by atoms with Crippen LogP contribution in [0.5, 0.6) is 0 Å². The molecule has 0 radical (unpaired) electrons. The molecule has 1 aliphatic carbocycles. The first-order valence-corrected chi connectivity index (χ1v) is 8.88. The summed E-state index contributed by atoms with van der Waals surface area (Å²) >= 11 is 0. The lowest BCUT2D eigenvalue weighted by molar-refractivity contribution is 0.170. The van der Waals surface area contributed by atoms with Crippen molar-refractivity contribution in [3.63, 3.8) is 0 Å². The number of likely N-dealkylation sites (N-methyl/N-ethyl adjacent to an activating group) is 1. The van der Waals surface area contributed by atoms with Crippen molar-refractivity contribution in [2.75, 3.05) is 6.54 Å². The summed E-state index contributed by atoms with van der Waals surface area (Å²) in [7, 11) is 0. The fourth-order valence-electron chi connectivity index (χ4n) is 4.21. The lowest BCUT2D eigenvalue weighted by Crippen LogP contribution is -2.50. The quantitative estimate of drug-likeness (QED) is 0.762. The third-order valence-corrected chi connectivity index (χ3v) is 5.66. The van der Waals surface area contributed by atoms with E-state index in [4.69, 9.17) is 0 Å². The van der Waals surface area contributed by atoms with Crippen LogP contribution in [0.25, 0.3) is 0 Å². The van der Waals surface area contributed by atoms with Gasteiger partial charge in [-0.25, -0.2) is 0 Å². The minimum Gasteiger partial charge on any atom is -0.313 e. The summed E-state index contributed by atoms with van der Waals surface area (Å²) in [5.74, 6) is 1.80.